The Bertz CT molecular complexity index is 1150. The van der Waals surface area contributed by atoms with Crippen LogP contribution in [0.1, 0.15) is 67.4 Å². The van der Waals surface area contributed by atoms with Gasteiger partial charge in [0.15, 0.2) is 0 Å². The first-order chi connectivity index (χ1) is 18.1. The molecule has 1 aliphatic heterocycles. The second-order valence-electron chi connectivity index (χ2n) is 10.3. The highest BCUT2D eigenvalue weighted by Crippen LogP contribution is 2.55. The molecule has 3 aromatic carbocycles. The third kappa shape index (κ3) is 6.04. The van der Waals surface area contributed by atoms with E-state index in [9.17, 15) is 5.11 Å². The third-order valence-electron chi connectivity index (χ3n) is 7.96. The molecule has 4 atom stereocenters. The van der Waals surface area contributed by atoms with Crippen molar-refractivity contribution in [2.75, 3.05) is 13.2 Å². The van der Waals surface area contributed by atoms with Crippen molar-refractivity contribution in [1.82, 2.24) is 0 Å². The van der Waals surface area contributed by atoms with Crippen molar-refractivity contribution in [3.05, 3.63) is 100 Å². The number of hydrogen-bond donors (Lipinski definition) is 1. The maximum absolute atomic E-state index is 9.57. The zero-order valence-corrected chi connectivity index (χ0v) is 22.3. The normalized spacial score (nSPS) is 24.8. The maximum atomic E-state index is 9.57. The third-order valence-corrected chi connectivity index (χ3v) is 8.33. The summed E-state index contributed by atoms with van der Waals surface area (Å²) in [6, 6.07) is 24.9. The van der Waals surface area contributed by atoms with Gasteiger partial charge in [0.2, 0.25) is 0 Å². The van der Waals surface area contributed by atoms with Crippen LogP contribution in [0.2, 0.25) is 5.02 Å². The molecule has 1 heterocycles. The molecule has 3 unspecified atom stereocenters. The molecule has 0 radical (unpaired) electrons. The fraction of sp³-hybridized carbons (Fsp3) is 0.438. The summed E-state index contributed by atoms with van der Waals surface area (Å²) in [6.07, 6.45) is 5.37. The Labute approximate surface area is 225 Å². The summed E-state index contributed by atoms with van der Waals surface area (Å²) in [5, 5.41) is 10.3. The van der Waals surface area contributed by atoms with Crippen LogP contribution >= 0.6 is 11.6 Å². The number of halogens is 1. The van der Waals surface area contributed by atoms with E-state index in [-0.39, 0.29) is 24.4 Å². The number of hydrogen-bond acceptors (Lipinski definition) is 4. The van der Waals surface area contributed by atoms with Crippen LogP contribution in [0.3, 0.4) is 0 Å². The Kier molecular flexibility index (Phi) is 8.51. The molecule has 1 saturated carbocycles. The zero-order valence-electron chi connectivity index (χ0n) is 21.6. The highest BCUT2D eigenvalue weighted by atomic mass is 35.5. The molecule has 196 valence electrons. The van der Waals surface area contributed by atoms with Crippen LogP contribution in [-0.2, 0) is 22.5 Å². The molecule has 0 spiro atoms. The molecule has 0 bridgehead atoms. The summed E-state index contributed by atoms with van der Waals surface area (Å²) >= 11 is 6.65. The van der Waals surface area contributed by atoms with Crippen molar-refractivity contribution in [3.8, 4) is 5.75 Å². The van der Waals surface area contributed by atoms with Crippen molar-refractivity contribution < 1.29 is 19.3 Å². The van der Waals surface area contributed by atoms with Gasteiger partial charge in [-0.3, -0.25) is 0 Å². The van der Waals surface area contributed by atoms with Crippen LogP contribution < -0.4 is 4.74 Å². The van der Waals surface area contributed by atoms with Gasteiger partial charge in [0.1, 0.15) is 5.75 Å². The van der Waals surface area contributed by atoms with Crippen LogP contribution in [0.5, 0.6) is 5.75 Å². The van der Waals surface area contributed by atoms with Crippen LogP contribution in [0.15, 0.2) is 72.8 Å². The summed E-state index contributed by atoms with van der Waals surface area (Å²) in [6.45, 7) is 3.44. The van der Waals surface area contributed by atoms with Gasteiger partial charge in [-0.1, -0.05) is 66.2 Å². The van der Waals surface area contributed by atoms with Crippen LogP contribution in [0.25, 0.3) is 0 Å². The van der Waals surface area contributed by atoms with Crippen molar-refractivity contribution >= 4 is 11.6 Å². The lowest BCUT2D eigenvalue weighted by Gasteiger charge is -2.57. The number of aliphatic hydroxyl groups excluding tert-OH is 1. The first kappa shape index (κ1) is 26.2. The Morgan fingerprint density at radius 1 is 1.03 bits per heavy atom. The molecule has 1 saturated heterocycles. The van der Waals surface area contributed by atoms with E-state index in [0.29, 0.717) is 19.1 Å². The maximum Gasteiger partial charge on any atom is 0.119 e. The highest BCUT2D eigenvalue weighted by molar-refractivity contribution is 6.31. The predicted molar refractivity (Wildman–Crippen MR) is 147 cm³/mol. The minimum atomic E-state index is -0.220. The molecule has 1 N–H and O–H groups in total. The predicted octanol–water partition coefficient (Wildman–Crippen LogP) is 7.30. The smallest absolute Gasteiger partial charge is 0.119 e. The lowest BCUT2D eigenvalue weighted by Crippen LogP contribution is -2.59. The molecule has 0 aromatic heterocycles. The van der Waals surface area contributed by atoms with E-state index in [1.807, 2.05) is 31.2 Å². The molecule has 0 amide bonds. The second kappa shape index (κ2) is 12.0. The summed E-state index contributed by atoms with van der Waals surface area (Å²) in [7, 11) is 0. The molecule has 37 heavy (non-hydrogen) atoms. The molecule has 5 rings (SSSR count). The standard InChI is InChI=1S/C32H37ClO4/c1-2-35-27-12-9-23(10-13-27)19-26-20-25(11-14-29(26)33)30-21-31(36-22-24-7-4-3-5-8-24)28-15-17-32(28,37-30)16-6-18-34/h3-5,7-14,20,28,30-31,34H,2,6,15-19,21-22H2,1H3/t28-,30?,31?,32?/m1/s1. The van der Waals surface area contributed by atoms with Gasteiger partial charge in [-0.2, -0.15) is 0 Å². The fourth-order valence-electron chi connectivity index (χ4n) is 5.94. The first-order valence-corrected chi connectivity index (χ1v) is 13.9. The largest absolute Gasteiger partial charge is 0.494 e. The van der Waals surface area contributed by atoms with Crippen molar-refractivity contribution in [1.29, 1.82) is 0 Å². The average molecular weight is 521 g/mol. The molecule has 3 aromatic rings. The summed E-state index contributed by atoms with van der Waals surface area (Å²) in [5.74, 6) is 1.25. The Hall–Kier alpha value is -2.37. The molecule has 4 nitrogen and oxygen atoms in total. The summed E-state index contributed by atoms with van der Waals surface area (Å²) < 4.78 is 19.0. The molecule has 5 heteroatoms. The minimum Gasteiger partial charge on any atom is -0.494 e. The molecular formula is C32H37ClO4. The van der Waals surface area contributed by atoms with E-state index in [0.717, 1.165) is 60.4 Å². The quantitative estimate of drug-likeness (QED) is 0.288. The molecule has 1 aliphatic carbocycles. The van der Waals surface area contributed by atoms with E-state index in [1.54, 1.807) is 0 Å². The van der Waals surface area contributed by atoms with Crippen LogP contribution in [0.4, 0.5) is 0 Å². The Balaban J connectivity index is 1.35. The lowest BCUT2D eigenvalue weighted by atomic mass is 9.61. The second-order valence-corrected chi connectivity index (χ2v) is 10.7. The molecule has 2 aliphatic rings. The van der Waals surface area contributed by atoms with Crippen molar-refractivity contribution in [2.45, 2.75) is 69.9 Å². The number of ether oxygens (including phenoxy) is 3. The van der Waals surface area contributed by atoms with Gasteiger partial charge in [-0.05, 0) is 79.5 Å². The highest BCUT2D eigenvalue weighted by Gasteiger charge is 2.56. The summed E-state index contributed by atoms with van der Waals surface area (Å²) in [5.41, 5.74) is 4.40. The van der Waals surface area contributed by atoms with E-state index in [1.165, 1.54) is 11.1 Å². The Morgan fingerprint density at radius 2 is 1.84 bits per heavy atom. The van der Waals surface area contributed by atoms with Gasteiger partial charge in [0.05, 0.1) is 31.0 Å². The summed E-state index contributed by atoms with van der Waals surface area (Å²) in [4.78, 5) is 0. The topological polar surface area (TPSA) is 47.9 Å². The van der Waals surface area contributed by atoms with E-state index in [4.69, 9.17) is 25.8 Å². The molecule has 2 fully saturated rings. The number of benzene rings is 3. The van der Waals surface area contributed by atoms with Crippen molar-refractivity contribution in [2.24, 2.45) is 5.92 Å². The van der Waals surface area contributed by atoms with Crippen LogP contribution in [-0.4, -0.2) is 30.0 Å². The number of fused-ring (bicyclic) bond motifs is 1. The fourth-order valence-corrected chi connectivity index (χ4v) is 6.13. The van der Waals surface area contributed by atoms with Crippen LogP contribution in [0, 0.1) is 5.92 Å². The Morgan fingerprint density at radius 3 is 2.54 bits per heavy atom. The monoisotopic (exact) mass is 520 g/mol. The minimum absolute atomic E-state index is 0.0626. The molecular weight excluding hydrogens is 484 g/mol. The van der Waals surface area contributed by atoms with Gasteiger partial charge in [0, 0.05) is 24.0 Å². The van der Waals surface area contributed by atoms with Gasteiger partial charge in [-0.25, -0.2) is 0 Å². The van der Waals surface area contributed by atoms with Gasteiger partial charge in [-0.15, -0.1) is 0 Å². The van der Waals surface area contributed by atoms with E-state index >= 15 is 0 Å². The first-order valence-electron chi connectivity index (χ1n) is 13.5. The van der Waals surface area contributed by atoms with E-state index < -0.39 is 0 Å². The van der Waals surface area contributed by atoms with Gasteiger partial charge >= 0.3 is 0 Å². The van der Waals surface area contributed by atoms with Crippen molar-refractivity contribution in [3.63, 3.8) is 0 Å². The van der Waals surface area contributed by atoms with Gasteiger partial charge < -0.3 is 19.3 Å². The van der Waals surface area contributed by atoms with Gasteiger partial charge in [0.25, 0.3) is 0 Å². The number of aliphatic hydroxyl groups is 1. The lowest BCUT2D eigenvalue weighted by molar-refractivity contribution is -0.264. The van der Waals surface area contributed by atoms with E-state index in [2.05, 4.69) is 48.5 Å². The zero-order chi connectivity index (χ0) is 25.7. The SMILES string of the molecule is CCOc1ccc(Cc2cc(C3CC(OCc4ccccc4)[C@H]4CCC4(CCCO)O3)ccc2Cl)cc1. The number of rotatable bonds is 11. The average Bonchev–Trinajstić information content (AvgIpc) is 2.91.